The molecular formula is C22H35N2O8PS. The van der Waals surface area contributed by atoms with Crippen LogP contribution in [-0.4, -0.2) is 94.8 Å². The molecule has 2 unspecified atom stereocenters. The number of carbonyl (C=O) groups is 1. The molecule has 0 aromatic heterocycles. The lowest BCUT2D eigenvalue weighted by Crippen LogP contribution is -2.51. The van der Waals surface area contributed by atoms with Gasteiger partial charge in [-0.15, -0.1) is 8.20 Å². The first kappa shape index (κ1) is 28.5. The van der Waals surface area contributed by atoms with E-state index < -0.39 is 34.4 Å². The van der Waals surface area contributed by atoms with E-state index in [2.05, 4.69) is 11.6 Å². The molecule has 1 aliphatic heterocycles. The first-order valence-corrected chi connectivity index (χ1v) is 13.7. The number of methoxy groups -OCH3 is 1. The average Bonchev–Trinajstić information content (AvgIpc) is 2.81. The van der Waals surface area contributed by atoms with Crippen LogP contribution in [0.15, 0.2) is 29.2 Å². The summed E-state index contributed by atoms with van der Waals surface area (Å²) in [6.07, 6.45) is 2.34. The highest BCUT2D eigenvalue weighted by Crippen LogP contribution is 2.21. The SMILES string of the molecule is C=PCCC(NC(=O)OC1COCOC1)C(O)CN(CC(C)C)S(=O)(=O)c1ccc(OC)cc1. The topological polar surface area (TPSA) is 124 Å². The van der Waals surface area contributed by atoms with Crippen LogP contribution in [0.5, 0.6) is 5.75 Å². The van der Waals surface area contributed by atoms with Gasteiger partial charge in [0, 0.05) is 13.1 Å². The summed E-state index contributed by atoms with van der Waals surface area (Å²) in [6, 6.07) is 5.35. The number of aliphatic hydroxyl groups excluding tert-OH is 1. The summed E-state index contributed by atoms with van der Waals surface area (Å²) in [5, 5.41) is 13.7. The first-order chi connectivity index (χ1) is 16.2. The summed E-state index contributed by atoms with van der Waals surface area (Å²) in [6.45, 7) is 4.40. The van der Waals surface area contributed by atoms with Crippen LogP contribution in [0.4, 0.5) is 4.79 Å². The van der Waals surface area contributed by atoms with E-state index in [1.165, 1.54) is 23.5 Å². The highest BCUT2D eigenvalue weighted by Gasteiger charge is 2.31. The number of alkyl carbamates (subject to hydrolysis) is 1. The van der Waals surface area contributed by atoms with E-state index in [-0.39, 0.29) is 43.9 Å². The van der Waals surface area contributed by atoms with Crippen molar-refractivity contribution in [3.63, 3.8) is 0 Å². The number of sulfonamides is 1. The molecule has 192 valence electrons. The van der Waals surface area contributed by atoms with Crippen molar-refractivity contribution in [1.82, 2.24) is 9.62 Å². The van der Waals surface area contributed by atoms with Gasteiger partial charge in [0.15, 0.2) is 6.10 Å². The van der Waals surface area contributed by atoms with E-state index in [1.54, 1.807) is 12.1 Å². The van der Waals surface area contributed by atoms with Crippen LogP contribution in [0.3, 0.4) is 0 Å². The summed E-state index contributed by atoms with van der Waals surface area (Å²) in [4.78, 5) is 12.5. The molecule has 0 aliphatic carbocycles. The average molecular weight is 519 g/mol. The molecule has 1 saturated heterocycles. The lowest BCUT2D eigenvalue weighted by molar-refractivity contribution is -0.151. The van der Waals surface area contributed by atoms with E-state index in [9.17, 15) is 18.3 Å². The van der Waals surface area contributed by atoms with Gasteiger partial charge in [0.25, 0.3) is 0 Å². The smallest absolute Gasteiger partial charge is 0.407 e. The molecule has 2 atom stereocenters. The van der Waals surface area contributed by atoms with Gasteiger partial charge in [-0.2, -0.15) is 4.31 Å². The van der Waals surface area contributed by atoms with Gasteiger partial charge in [0.05, 0.1) is 37.4 Å². The Labute approximate surface area is 203 Å². The van der Waals surface area contributed by atoms with Crippen molar-refractivity contribution in [2.24, 2.45) is 5.92 Å². The lowest BCUT2D eigenvalue weighted by Gasteiger charge is -2.31. The third-order valence-corrected chi connectivity index (χ3v) is 7.49. The second-order valence-corrected chi connectivity index (χ2v) is 11.2. The molecule has 1 aromatic carbocycles. The molecule has 1 aromatic rings. The Balaban J connectivity index is 2.15. The Hall–Kier alpha value is -1.75. The summed E-state index contributed by atoms with van der Waals surface area (Å²) in [5.41, 5.74) is 0. The number of rotatable bonds is 13. The molecule has 12 heteroatoms. The van der Waals surface area contributed by atoms with E-state index in [4.69, 9.17) is 18.9 Å². The van der Waals surface area contributed by atoms with E-state index in [1.807, 2.05) is 13.8 Å². The predicted molar refractivity (Wildman–Crippen MR) is 130 cm³/mol. The quantitative estimate of drug-likeness (QED) is 0.380. The Morgan fingerprint density at radius 2 is 1.91 bits per heavy atom. The number of carbonyl (C=O) groups excluding carboxylic acids is 1. The normalized spacial score (nSPS) is 17.0. The molecule has 1 aliphatic rings. The third-order valence-electron chi connectivity index (χ3n) is 5.07. The van der Waals surface area contributed by atoms with Crippen molar-refractivity contribution in [3.05, 3.63) is 24.3 Å². The van der Waals surface area contributed by atoms with Crippen LogP contribution in [0.1, 0.15) is 20.3 Å². The number of hydrogen-bond donors (Lipinski definition) is 2. The van der Waals surface area contributed by atoms with Gasteiger partial charge in [0.2, 0.25) is 10.0 Å². The minimum Gasteiger partial charge on any atom is -0.497 e. The van der Waals surface area contributed by atoms with Crippen molar-refractivity contribution >= 4 is 30.6 Å². The minimum absolute atomic E-state index is 0.0151. The monoisotopic (exact) mass is 518 g/mol. The van der Waals surface area contributed by atoms with E-state index in [0.29, 0.717) is 18.3 Å². The zero-order valence-corrected chi connectivity index (χ0v) is 21.6. The Morgan fingerprint density at radius 1 is 1.26 bits per heavy atom. The number of aliphatic hydroxyl groups is 1. The molecule has 1 amide bonds. The maximum Gasteiger partial charge on any atom is 0.407 e. The molecular weight excluding hydrogens is 483 g/mol. The fourth-order valence-corrected chi connectivity index (χ4v) is 5.46. The number of amides is 1. The zero-order chi connectivity index (χ0) is 25.1. The molecule has 34 heavy (non-hydrogen) atoms. The van der Waals surface area contributed by atoms with Gasteiger partial charge in [-0.1, -0.05) is 20.1 Å². The highest BCUT2D eigenvalue weighted by molar-refractivity contribution is 7.89. The van der Waals surface area contributed by atoms with Crippen LogP contribution < -0.4 is 10.1 Å². The van der Waals surface area contributed by atoms with Crippen molar-refractivity contribution in [2.45, 2.75) is 43.4 Å². The number of ether oxygens (including phenoxy) is 4. The van der Waals surface area contributed by atoms with Gasteiger partial charge >= 0.3 is 6.09 Å². The molecule has 0 saturated carbocycles. The summed E-state index contributed by atoms with van der Waals surface area (Å²) >= 11 is 0. The summed E-state index contributed by atoms with van der Waals surface area (Å²) in [5.74, 6) is 0.555. The fraction of sp³-hybridized carbons (Fsp3) is 0.636. The number of nitrogens with one attached hydrogen (secondary N) is 1. The lowest BCUT2D eigenvalue weighted by atomic mass is 10.1. The van der Waals surface area contributed by atoms with Crippen LogP contribution in [0, 0.1) is 5.92 Å². The maximum absolute atomic E-state index is 13.3. The van der Waals surface area contributed by atoms with Crippen molar-refractivity contribution < 1.29 is 37.3 Å². The Kier molecular flexibility index (Phi) is 11.7. The van der Waals surface area contributed by atoms with Crippen LogP contribution in [-0.2, 0) is 24.2 Å². The molecule has 1 heterocycles. The second-order valence-electron chi connectivity index (χ2n) is 8.33. The van der Waals surface area contributed by atoms with Crippen molar-refractivity contribution in [2.75, 3.05) is 46.4 Å². The molecule has 1 fully saturated rings. The van der Waals surface area contributed by atoms with Gasteiger partial charge in [-0.3, -0.25) is 0 Å². The standard InChI is InChI=1S/C22H35N2O8PS/c1-16(2)11-24(34(27,28)19-7-5-17(29-3)6-8-19)12-21(25)20(9-10-33-4)23-22(26)32-18-13-30-15-31-14-18/h5-8,16,18,20-21,25H,4,9-15H2,1-3H3,(H,23,26). The minimum atomic E-state index is -3.89. The molecule has 10 nitrogen and oxygen atoms in total. The zero-order valence-electron chi connectivity index (χ0n) is 19.9. The van der Waals surface area contributed by atoms with Crippen LogP contribution in [0.25, 0.3) is 0 Å². The summed E-state index contributed by atoms with van der Waals surface area (Å²) in [7, 11) is -1.55. The van der Waals surface area contributed by atoms with E-state index in [0.717, 1.165) is 8.20 Å². The molecule has 2 rings (SSSR count). The second kappa shape index (κ2) is 14.0. The largest absolute Gasteiger partial charge is 0.497 e. The van der Waals surface area contributed by atoms with Gasteiger partial charge < -0.3 is 29.4 Å². The van der Waals surface area contributed by atoms with Crippen LogP contribution in [0.2, 0.25) is 0 Å². The number of nitrogens with zero attached hydrogens (tertiary/aromatic N) is 1. The van der Waals surface area contributed by atoms with Gasteiger partial charge in [-0.05, 0) is 42.8 Å². The third kappa shape index (κ3) is 8.79. The Morgan fingerprint density at radius 3 is 2.47 bits per heavy atom. The maximum atomic E-state index is 13.3. The fourth-order valence-electron chi connectivity index (χ4n) is 3.37. The van der Waals surface area contributed by atoms with Crippen LogP contribution >= 0.6 is 8.20 Å². The van der Waals surface area contributed by atoms with Gasteiger partial charge in [-0.25, -0.2) is 13.2 Å². The van der Waals surface area contributed by atoms with E-state index >= 15 is 0 Å². The number of hydrogen-bond acceptors (Lipinski definition) is 8. The van der Waals surface area contributed by atoms with Crippen molar-refractivity contribution in [3.8, 4) is 5.75 Å². The first-order valence-electron chi connectivity index (χ1n) is 11.0. The summed E-state index contributed by atoms with van der Waals surface area (Å²) < 4.78 is 48.6. The molecule has 0 radical (unpaired) electrons. The molecule has 2 N–H and O–H groups in total. The Bertz CT molecular complexity index is 875. The van der Waals surface area contributed by atoms with Gasteiger partial charge in [0.1, 0.15) is 12.5 Å². The molecule has 0 bridgehead atoms. The highest BCUT2D eigenvalue weighted by atomic mass is 32.2. The molecule has 0 spiro atoms. The van der Waals surface area contributed by atoms with Crippen molar-refractivity contribution in [1.29, 1.82) is 0 Å². The predicted octanol–water partition coefficient (Wildman–Crippen LogP) is 1.94. The number of benzene rings is 1.